The Balaban J connectivity index is 2.52. The first-order valence-corrected chi connectivity index (χ1v) is 5.67. The zero-order valence-corrected chi connectivity index (χ0v) is 9.48. The maximum atomic E-state index is 9.90. The molecule has 2 rings (SSSR count). The Hall–Kier alpha value is -1.54. The molecule has 0 saturated heterocycles. The van der Waals surface area contributed by atoms with Gasteiger partial charge in [-0.25, -0.2) is 0 Å². The normalized spacial score (nSPS) is 12.9. The van der Waals surface area contributed by atoms with E-state index >= 15 is 0 Å². The molecule has 0 heterocycles. The first-order valence-electron chi connectivity index (χ1n) is 5.67. The van der Waals surface area contributed by atoms with Crippen molar-refractivity contribution in [2.24, 2.45) is 5.73 Å². The Morgan fingerprint density at radius 2 is 1.94 bits per heavy atom. The Morgan fingerprint density at radius 3 is 2.69 bits per heavy atom. The van der Waals surface area contributed by atoms with Gasteiger partial charge in [0.2, 0.25) is 0 Å². The van der Waals surface area contributed by atoms with Crippen LogP contribution in [0.4, 0.5) is 0 Å². The molecule has 16 heavy (non-hydrogen) atoms. The summed E-state index contributed by atoms with van der Waals surface area (Å²) in [6.07, 6.45) is 1.65. The zero-order chi connectivity index (χ0) is 11.5. The van der Waals surface area contributed by atoms with E-state index in [0.29, 0.717) is 5.75 Å². The van der Waals surface area contributed by atoms with Gasteiger partial charge in [0.15, 0.2) is 0 Å². The maximum absolute atomic E-state index is 9.90. The van der Waals surface area contributed by atoms with Gasteiger partial charge in [-0.2, -0.15) is 0 Å². The van der Waals surface area contributed by atoms with Crippen molar-refractivity contribution in [1.82, 2.24) is 0 Å². The lowest BCUT2D eigenvalue weighted by Gasteiger charge is -2.13. The highest BCUT2D eigenvalue weighted by Gasteiger charge is 2.09. The molecule has 84 valence electrons. The van der Waals surface area contributed by atoms with Crippen LogP contribution < -0.4 is 5.73 Å². The van der Waals surface area contributed by atoms with E-state index < -0.39 is 0 Å². The number of fused-ring (bicyclic) bond motifs is 1. The van der Waals surface area contributed by atoms with Gasteiger partial charge < -0.3 is 10.8 Å². The summed E-state index contributed by atoms with van der Waals surface area (Å²) in [6, 6.07) is 11.9. The van der Waals surface area contributed by atoms with Gasteiger partial charge in [-0.15, -0.1) is 0 Å². The van der Waals surface area contributed by atoms with Gasteiger partial charge >= 0.3 is 0 Å². The van der Waals surface area contributed by atoms with E-state index in [0.717, 1.165) is 29.2 Å². The molecule has 0 fully saturated rings. The SMILES string of the molecule is CCC(N)Cc1c(O)ccc2ccccc12. The van der Waals surface area contributed by atoms with Crippen molar-refractivity contribution < 1.29 is 5.11 Å². The maximum Gasteiger partial charge on any atom is 0.119 e. The monoisotopic (exact) mass is 215 g/mol. The molecule has 2 aromatic rings. The van der Waals surface area contributed by atoms with Gasteiger partial charge in [0.05, 0.1) is 0 Å². The first kappa shape index (κ1) is 11.0. The van der Waals surface area contributed by atoms with Gasteiger partial charge in [-0.1, -0.05) is 37.3 Å². The van der Waals surface area contributed by atoms with Crippen LogP contribution in [0, 0.1) is 0 Å². The third kappa shape index (κ3) is 2.02. The van der Waals surface area contributed by atoms with Gasteiger partial charge in [-0.05, 0) is 29.7 Å². The Bertz CT molecular complexity index is 493. The minimum atomic E-state index is 0.108. The van der Waals surface area contributed by atoms with Crippen molar-refractivity contribution in [3.63, 3.8) is 0 Å². The van der Waals surface area contributed by atoms with Gasteiger partial charge in [-0.3, -0.25) is 0 Å². The van der Waals surface area contributed by atoms with E-state index in [9.17, 15) is 5.11 Å². The van der Waals surface area contributed by atoms with E-state index in [1.54, 1.807) is 6.07 Å². The zero-order valence-electron chi connectivity index (χ0n) is 9.48. The van der Waals surface area contributed by atoms with Crippen LogP contribution in [0.1, 0.15) is 18.9 Å². The fraction of sp³-hybridized carbons (Fsp3) is 0.286. The highest BCUT2D eigenvalue weighted by molar-refractivity contribution is 5.87. The predicted octanol–water partition coefficient (Wildman–Crippen LogP) is 2.83. The number of nitrogens with two attached hydrogens (primary N) is 1. The summed E-state index contributed by atoms with van der Waals surface area (Å²) in [4.78, 5) is 0. The summed E-state index contributed by atoms with van der Waals surface area (Å²) in [5.74, 6) is 0.350. The van der Waals surface area contributed by atoms with E-state index in [1.165, 1.54) is 0 Å². The minimum Gasteiger partial charge on any atom is -0.508 e. The lowest BCUT2D eigenvalue weighted by Crippen LogP contribution is -2.21. The number of hydrogen-bond acceptors (Lipinski definition) is 2. The van der Waals surface area contributed by atoms with Crippen LogP contribution in [0.3, 0.4) is 0 Å². The molecule has 0 amide bonds. The fourth-order valence-corrected chi connectivity index (χ4v) is 1.95. The molecule has 2 aromatic carbocycles. The molecule has 1 unspecified atom stereocenters. The Labute approximate surface area is 95.7 Å². The molecule has 0 saturated carbocycles. The third-order valence-corrected chi connectivity index (χ3v) is 3.01. The molecular formula is C14H17NO. The summed E-state index contributed by atoms with van der Waals surface area (Å²) in [5.41, 5.74) is 6.92. The van der Waals surface area contributed by atoms with Crippen molar-refractivity contribution >= 4 is 10.8 Å². The molecule has 0 aliphatic heterocycles. The van der Waals surface area contributed by atoms with Crippen LogP contribution in [-0.2, 0) is 6.42 Å². The van der Waals surface area contributed by atoms with Crippen LogP contribution in [0.2, 0.25) is 0 Å². The van der Waals surface area contributed by atoms with E-state index in [4.69, 9.17) is 5.73 Å². The predicted molar refractivity (Wildman–Crippen MR) is 67.6 cm³/mol. The summed E-state index contributed by atoms with van der Waals surface area (Å²) in [7, 11) is 0. The van der Waals surface area contributed by atoms with Crippen LogP contribution >= 0.6 is 0 Å². The molecule has 2 heteroatoms. The van der Waals surface area contributed by atoms with Crippen molar-refractivity contribution in [2.75, 3.05) is 0 Å². The van der Waals surface area contributed by atoms with Crippen molar-refractivity contribution in [3.8, 4) is 5.75 Å². The molecule has 2 nitrogen and oxygen atoms in total. The second kappa shape index (κ2) is 4.54. The third-order valence-electron chi connectivity index (χ3n) is 3.01. The molecule has 0 bridgehead atoms. The van der Waals surface area contributed by atoms with Crippen LogP contribution in [0.15, 0.2) is 36.4 Å². The summed E-state index contributed by atoms with van der Waals surface area (Å²) < 4.78 is 0. The standard InChI is InChI=1S/C14H17NO/c1-2-11(15)9-13-12-6-4-3-5-10(12)7-8-14(13)16/h3-8,11,16H,2,9,15H2,1H3. The van der Waals surface area contributed by atoms with Crippen LogP contribution in [0.25, 0.3) is 10.8 Å². The largest absolute Gasteiger partial charge is 0.508 e. The second-order valence-corrected chi connectivity index (χ2v) is 4.16. The number of benzene rings is 2. The quantitative estimate of drug-likeness (QED) is 0.827. The number of phenolic OH excluding ortho intramolecular Hbond substituents is 1. The smallest absolute Gasteiger partial charge is 0.119 e. The summed E-state index contributed by atoms with van der Waals surface area (Å²) >= 11 is 0. The number of rotatable bonds is 3. The molecule has 0 aromatic heterocycles. The number of hydrogen-bond donors (Lipinski definition) is 2. The minimum absolute atomic E-state index is 0.108. The number of aromatic hydroxyl groups is 1. The first-order chi connectivity index (χ1) is 7.72. The highest BCUT2D eigenvalue weighted by atomic mass is 16.3. The van der Waals surface area contributed by atoms with Crippen molar-refractivity contribution in [2.45, 2.75) is 25.8 Å². The van der Waals surface area contributed by atoms with Gasteiger partial charge in [0.1, 0.15) is 5.75 Å². The van der Waals surface area contributed by atoms with Crippen molar-refractivity contribution in [1.29, 1.82) is 0 Å². The molecular weight excluding hydrogens is 198 g/mol. The topological polar surface area (TPSA) is 46.2 Å². The van der Waals surface area contributed by atoms with E-state index in [1.807, 2.05) is 24.3 Å². The average Bonchev–Trinajstić information content (AvgIpc) is 2.32. The van der Waals surface area contributed by atoms with Gasteiger partial charge in [0, 0.05) is 11.6 Å². The van der Waals surface area contributed by atoms with Crippen LogP contribution in [-0.4, -0.2) is 11.1 Å². The molecule has 0 spiro atoms. The second-order valence-electron chi connectivity index (χ2n) is 4.16. The average molecular weight is 215 g/mol. The van der Waals surface area contributed by atoms with Gasteiger partial charge in [0.25, 0.3) is 0 Å². The molecule has 0 radical (unpaired) electrons. The highest BCUT2D eigenvalue weighted by Crippen LogP contribution is 2.28. The van der Waals surface area contributed by atoms with Crippen molar-refractivity contribution in [3.05, 3.63) is 42.0 Å². The molecule has 0 aliphatic carbocycles. The molecule has 3 N–H and O–H groups in total. The summed E-state index contributed by atoms with van der Waals surface area (Å²) in [6.45, 7) is 2.06. The molecule has 0 aliphatic rings. The fourth-order valence-electron chi connectivity index (χ4n) is 1.95. The Morgan fingerprint density at radius 1 is 1.19 bits per heavy atom. The lowest BCUT2D eigenvalue weighted by molar-refractivity contribution is 0.465. The summed E-state index contributed by atoms with van der Waals surface area (Å²) in [5, 5.41) is 12.2. The Kier molecular flexibility index (Phi) is 3.11. The van der Waals surface area contributed by atoms with Crippen LogP contribution in [0.5, 0.6) is 5.75 Å². The number of phenols is 1. The van der Waals surface area contributed by atoms with E-state index in [2.05, 4.69) is 13.0 Å². The lowest BCUT2D eigenvalue weighted by atomic mass is 9.97. The van der Waals surface area contributed by atoms with E-state index in [-0.39, 0.29) is 6.04 Å². The molecule has 1 atom stereocenters.